The van der Waals surface area contributed by atoms with Gasteiger partial charge in [-0.15, -0.1) is 0 Å². The van der Waals surface area contributed by atoms with E-state index in [0.717, 1.165) is 23.7 Å². The maximum atomic E-state index is 11.8. The highest BCUT2D eigenvalue weighted by molar-refractivity contribution is 5.71. The highest BCUT2D eigenvalue weighted by Crippen LogP contribution is 2.60. The normalized spacial score (nSPS) is 47.9. The van der Waals surface area contributed by atoms with Gasteiger partial charge in [0.15, 0.2) is 0 Å². The van der Waals surface area contributed by atoms with Crippen molar-refractivity contribution in [2.75, 3.05) is 0 Å². The number of aliphatic carboxylic acids is 1. The standard InChI is InChI=1S/C16H24O2/c17-16(18)15(11-2-1-3-11)14-12-5-9-4-10(7-12)8-13(14)6-9/h9-15H,1-8H2,(H,17,18). The molecule has 1 atom stereocenters. The molecule has 0 heterocycles. The first kappa shape index (κ1) is 11.3. The Hall–Kier alpha value is -0.530. The van der Waals surface area contributed by atoms with E-state index in [4.69, 9.17) is 0 Å². The Balaban J connectivity index is 1.60. The molecule has 0 aromatic heterocycles. The summed E-state index contributed by atoms with van der Waals surface area (Å²) in [5, 5.41) is 9.69. The molecule has 0 aliphatic heterocycles. The van der Waals surface area contributed by atoms with Crippen LogP contribution in [0.1, 0.15) is 51.4 Å². The van der Waals surface area contributed by atoms with E-state index in [1.165, 1.54) is 51.4 Å². The second-order valence-corrected chi connectivity index (χ2v) is 7.56. The molecule has 18 heavy (non-hydrogen) atoms. The van der Waals surface area contributed by atoms with Crippen molar-refractivity contribution >= 4 is 5.97 Å². The third kappa shape index (κ3) is 1.57. The zero-order valence-electron chi connectivity index (χ0n) is 11.1. The van der Waals surface area contributed by atoms with Crippen molar-refractivity contribution in [1.29, 1.82) is 0 Å². The number of carbonyl (C=O) groups is 1. The van der Waals surface area contributed by atoms with Gasteiger partial charge >= 0.3 is 5.97 Å². The van der Waals surface area contributed by atoms with Crippen LogP contribution in [0.2, 0.25) is 0 Å². The molecular weight excluding hydrogens is 224 g/mol. The summed E-state index contributed by atoms with van der Waals surface area (Å²) in [5.41, 5.74) is 0. The first-order valence-electron chi connectivity index (χ1n) is 7.95. The summed E-state index contributed by atoms with van der Waals surface area (Å²) in [4.78, 5) is 11.8. The van der Waals surface area contributed by atoms with Crippen LogP contribution in [0.15, 0.2) is 0 Å². The number of carboxylic acid groups (broad SMARTS) is 1. The highest BCUT2D eigenvalue weighted by Gasteiger charge is 2.53. The van der Waals surface area contributed by atoms with Crippen LogP contribution in [0, 0.1) is 41.4 Å². The first-order chi connectivity index (χ1) is 8.72. The minimum absolute atomic E-state index is 0.00810. The van der Waals surface area contributed by atoms with Crippen molar-refractivity contribution in [2.24, 2.45) is 41.4 Å². The Labute approximate surface area is 109 Å². The number of rotatable bonds is 3. The lowest BCUT2D eigenvalue weighted by molar-refractivity contribution is -0.157. The molecule has 2 heteroatoms. The van der Waals surface area contributed by atoms with E-state index in [1.807, 2.05) is 0 Å². The van der Waals surface area contributed by atoms with Crippen LogP contribution in [-0.4, -0.2) is 11.1 Å². The molecule has 5 saturated carbocycles. The fourth-order valence-corrected chi connectivity index (χ4v) is 6.03. The summed E-state index contributed by atoms with van der Waals surface area (Å²) >= 11 is 0. The van der Waals surface area contributed by atoms with Crippen LogP contribution < -0.4 is 0 Å². The first-order valence-corrected chi connectivity index (χ1v) is 7.95. The summed E-state index contributed by atoms with van der Waals surface area (Å²) in [6.45, 7) is 0. The second-order valence-electron chi connectivity index (χ2n) is 7.56. The van der Waals surface area contributed by atoms with E-state index >= 15 is 0 Å². The SMILES string of the molecule is O=C(O)C(C1CCC1)C1C2CC3CC(C2)CC1C3. The minimum atomic E-state index is -0.475. The van der Waals surface area contributed by atoms with Gasteiger partial charge in [0, 0.05) is 0 Å². The Kier molecular flexibility index (Phi) is 2.50. The molecule has 5 aliphatic rings. The summed E-state index contributed by atoms with van der Waals surface area (Å²) in [7, 11) is 0. The molecule has 4 bridgehead atoms. The summed E-state index contributed by atoms with van der Waals surface area (Å²) in [6.07, 6.45) is 10.5. The molecule has 0 radical (unpaired) electrons. The van der Waals surface area contributed by atoms with Gasteiger partial charge in [0.25, 0.3) is 0 Å². The Morgan fingerprint density at radius 3 is 1.89 bits per heavy atom. The maximum absolute atomic E-state index is 11.8. The molecule has 0 amide bonds. The third-order valence-corrected chi connectivity index (χ3v) is 6.66. The predicted molar refractivity (Wildman–Crippen MR) is 69.0 cm³/mol. The molecule has 1 N–H and O–H groups in total. The zero-order chi connectivity index (χ0) is 12.3. The average molecular weight is 248 g/mol. The molecule has 2 nitrogen and oxygen atoms in total. The fraction of sp³-hybridized carbons (Fsp3) is 0.938. The Morgan fingerprint density at radius 2 is 1.50 bits per heavy atom. The van der Waals surface area contributed by atoms with Crippen LogP contribution in [-0.2, 0) is 4.79 Å². The van der Waals surface area contributed by atoms with Crippen molar-refractivity contribution in [3.63, 3.8) is 0 Å². The molecule has 0 aromatic rings. The number of hydrogen-bond acceptors (Lipinski definition) is 1. The van der Waals surface area contributed by atoms with Gasteiger partial charge in [-0.25, -0.2) is 0 Å². The lowest BCUT2D eigenvalue weighted by Crippen LogP contribution is -2.51. The summed E-state index contributed by atoms with van der Waals surface area (Å²) in [5.74, 6) is 4.04. The molecule has 5 rings (SSSR count). The molecule has 0 spiro atoms. The maximum Gasteiger partial charge on any atom is 0.307 e. The molecule has 0 saturated heterocycles. The number of carboxylic acids is 1. The molecule has 100 valence electrons. The third-order valence-electron chi connectivity index (χ3n) is 6.66. The van der Waals surface area contributed by atoms with Gasteiger partial charge in [0.1, 0.15) is 0 Å². The molecule has 0 aromatic carbocycles. The fourth-order valence-electron chi connectivity index (χ4n) is 6.03. The lowest BCUT2D eigenvalue weighted by Gasteiger charge is -2.57. The Bertz CT molecular complexity index is 330. The van der Waals surface area contributed by atoms with E-state index in [0.29, 0.717) is 11.8 Å². The van der Waals surface area contributed by atoms with Crippen LogP contribution in [0.25, 0.3) is 0 Å². The van der Waals surface area contributed by atoms with Crippen molar-refractivity contribution in [1.82, 2.24) is 0 Å². The number of hydrogen-bond donors (Lipinski definition) is 1. The lowest BCUT2D eigenvalue weighted by atomic mass is 9.48. The van der Waals surface area contributed by atoms with Gasteiger partial charge < -0.3 is 5.11 Å². The Morgan fingerprint density at radius 1 is 0.944 bits per heavy atom. The molecule has 5 aliphatic carbocycles. The van der Waals surface area contributed by atoms with Gasteiger partial charge in [-0.1, -0.05) is 6.42 Å². The van der Waals surface area contributed by atoms with Crippen LogP contribution in [0.3, 0.4) is 0 Å². The smallest absolute Gasteiger partial charge is 0.307 e. The second kappa shape index (κ2) is 3.98. The van der Waals surface area contributed by atoms with Crippen molar-refractivity contribution < 1.29 is 9.90 Å². The zero-order valence-corrected chi connectivity index (χ0v) is 11.1. The van der Waals surface area contributed by atoms with Gasteiger partial charge in [-0.2, -0.15) is 0 Å². The van der Waals surface area contributed by atoms with Gasteiger partial charge in [-0.05, 0) is 80.5 Å². The van der Waals surface area contributed by atoms with E-state index in [1.54, 1.807) is 0 Å². The van der Waals surface area contributed by atoms with Crippen LogP contribution >= 0.6 is 0 Å². The topological polar surface area (TPSA) is 37.3 Å². The molecule has 5 fully saturated rings. The van der Waals surface area contributed by atoms with Crippen LogP contribution in [0.5, 0.6) is 0 Å². The van der Waals surface area contributed by atoms with Crippen molar-refractivity contribution in [3.8, 4) is 0 Å². The monoisotopic (exact) mass is 248 g/mol. The van der Waals surface area contributed by atoms with E-state index in [2.05, 4.69) is 0 Å². The highest BCUT2D eigenvalue weighted by atomic mass is 16.4. The van der Waals surface area contributed by atoms with Crippen molar-refractivity contribution in [2.45, 2.75) is 51.4 Å². The van der Waals surface area contributed by atoms with Crippen molar-refractivity contribution in [3.05, 3.63) is 0 Å². The quantitative estimate of drug-likeness (QED) is 0.829. The predicted octanol–water partition coefficient (Wildman–Crippen LogP) is 3.56. The van der Waals surface area contributed by atoms with Gasteiger partial charge in [0.2, 0.25) is 0 Å². The largest absolute Gasteiger partial charge is 0.481 e. The van der Waals surface area contributed by atoms with Gasteiger partial charge in [-0.3, -0.25) is 4.79 Å². The van der Waals surface area contributed by atoms with Gasteiger partial charge in [0.05, 0.1) is 5.92 Å². The summed E-state index contributed by atoms with van der Waals surface area (Å²) < 4.78 is 0. The average Bonchev–Trinajstić information content (AvgIpc) is 2.23. The van der Waals surface area contributed by atoms with E-state index in [-0.39, 0.29) is 5.92 Å². The van der Waals surface area contributed by atoms with E-state index in [9.17, 15) is 9.90 Å². The van der Waals surface area contributed by atoms with Crippen LogP contribution in [0.4, 0.5) is 0 Å². The molecular formula is C16H24O2. The molecule has 1 unspecified atom stereocenters. The minimum Gasteiger partial charge on any atom is -0.481 e. The summed E-state index contributed by atoms with van der Waals surface area (Å²) in [6, 6.07) is 0. The van der Waals surface area contributed by atoms with E-state index < -0.39 is 5.97 Å².